The van der Waals surface area contributed by atoms with Crippen LogP contribution in [0.1, 0.15) is 51.4 Å². The minimum Gasteiger partial charge on any atom is -0.497 e. The van der Waals surface area contributed by atoms with Gasteiger partial charge in [0.05, 0.1) is 25.2 Å². The molecule has 0 spiro atoms. The van der Waals surface area contributed by atoms with E-state index in [9.17, 15) is 33.6 Å². The van der Waals surface area contributed by atoms with Gasteiger partial charge in [-0.2, -0.15) is 0 Å². The van der Waals surface area contributed by atoms with E-state index in [-0.39, 0.29) is 18.6 Å². The molecule has 280 valence electrons. The average molecular weight is 725 g/mol. The third-order valence-electron chi connectivity index (χ3n) is 8.01. The molecule has 3 aliphatic rings. The molecule has 0 radical (unpaired) electrons. The molecular formula is C33H40O18. The number of fused-ring (bicyclic) bond motifs is 1. The average Bonchev–Trinajstić information content (AvgIpc) is 3.18. The number of carbonyl (C=O) groups excluding carboxylic acids is 7. The van der Waals surface area contributed by atoms with Gasteiger partial charge in [0.1, 0.15) is 25.1 Å². The van der Waals surface area contributed by atoms with Gasteiger partial charge >= 0.3 is 35.8 Å². The van der Waals surface area contributed by atoms with Crippen LogP contribution in [-0.4, -0.2) is 118 Å². The highest BCUT2D eigenvalue weighted by Crippen LogP contribution is 2.40. The zero-order valence-corrected chi connectivity index (χ0v) is 28.8. The Morgan fingerprint density at radius 3 is 1.88 bits per heavy atom. The van der Waals surface area contributed by atoms with Crippen molar-refractivity contribution in [2.24, 2.45) is 11.8 Å². The van der Waals surface area contributed by atoms with Crippen LogP contribution in [0.2, 0.25) is 0 Å². The molecule has 4 rings (SSSR count). The van der Waals surface area contributed by atoms with Gasteiger partial charge in [-0.3, -0.25) is 28.8 Å². The van der Waals surface area contributed by atoms with Crippen LogP contribution in [-0.2, 0) is 76.1 Å². The fraction of sp³-hybridized carbons (Fsp3) is 0.606. The first-order valence-corrected chi connectivity index (χ1v) is 15.9. The van der Waals surface area contributed by atoms with E-state index < -0.39 is 116 Å². The Hall–Kier alpha value is -4.65. The Morgan fingerprint density at radius 1 is 0.686 bits per heavy atom. The Bertz CT molecular complexity index is 1460. The second-order valence-corrected chi connectivity index (χ2v) is 11.8. The molecule has 0 N–H and O–H groups in total. The van der Waals surface area contributed by atoms with Crippen molar-refractivity contribution in [1.82, 2.24) is 0 Å². The van der Waals surface area contributed by atoms with Crippen LogP contribution in [0.15, 0.2) is 24.3 Å². The summed E-state index contributed by atoms with van der Waals surface area (Å²) in [5.41, 5.74) is 0.127. The third kappa shape index (κ3) is 10.2. The summed E-state index contributed by atoms with van der Waals surface area (Å²) >= 11 is 0. The fourth-order valence-corrected chi connectivity index (χ4v) is 6.00. The number of esters is 6. The first-order valence-electron chi connectivity index (χ1n) is 15.9. The van der Waals surface area contributed by atoms with E-state index in [4.69, 9.17) is 52.1 Å². The molecule has 3 saturated heterocycles. The van der Waals surface area contributed by atoms with Gasteiger partial charge in [0.25, 0.3) is 0 Å². The molecular weight excluding hydrogens is 684 g/mol. The maximum absolute atomic E-state index is 13.7. The van der Waals surface area contributed by atoms with Crippen molar-refractivity contribution >= 4 is 41.6 Å². The topological polar surface area (TPSA) is 221 Å². The summed E-state index contributed by atoms with van der Waals surface area (Å²) < 4.78 is 61.5. The molecule has 3 aliphatic heterocycles. The monoisotopic (exact) mass is 724 g/mol. The maximum atomic E-state index is 13.7. The first-order chi connectivity index (χ1) is 24.2. The summed E-state index contributed by atoms with van der Waals surface area (Å²) in [6.07, 6.45) is -11.9. The van der Waals surface area contributed by atoms with Gasteiger partial charge in [0.2, 0.25) is 12.6 Å². The van der Waals surface area contributed by atoms with Crippen LogP contribution >= 0.6 is 0 Å². The molecule has 3 heterocycles. The van der Waals surface area contributed by atoms with E-state index in [0.717, 1.165) is 34.6 Å². The lowest BCUT2D eigenvalue weighted by molar-refractivity contribution is -0.352. The number of methoxy groups -OCH3 is 1. The number of hydrogen-bond donors (Lipinski definition) is 0. The zero-order chi connectivity index (χ0) is 37.4. The predicted molar refractivity (Wildman–Crippen MR) is 163 cm³/mol. The molecule has 0 amide bonds. The predicted octanol–water partition coefficient (Wildman–Crippen LogP) is 0.788. The molecule has 10 atom stereocenters. The quantitative estimate of drug-likeness (QED) is 0.227. The highest BCUT2D eigenvalue weighted by atomic mass is 16.8. The molecule has 3 fully saturated rings. The van der Waals surface area contributed by atoms with Crippen molar-refractivity contribution in [3.8, 4) is 5.75 Å². The van der Waals surface area contributed by atoms with Crippen molar-refractivity contribution in [1.29, 1.82) is 0 Å². The lowest BCUT2D eigenvalue weighted by Crippen LogP contribution is -2.64. The van der Waals surface area contributed by atoms with E-state index in [1.165, 1.54) is 19.2 Å². The zero-order valence-electron chi connectivity index (χ0n) is 28.8. The Labute approximate surface area is 292 Å². The lowest BCUT2D eigenvalue weighted by Gasteiger charge is -2.46. The van der Waals surface area contributed by atoms with Crippen molar-refractivity contribution in [2.75, 3.05) is 26.9 Å². The molecule has 18 heteroatoms. The molecule has 0 aliphatic carbocycles. The van der Waals surface area contributed by atoms with Crippen LogP contribution in [0.3, 0.4) is 0 Å². The highest BCUT2D eigenvalue weighted by Gasteiger charge is 2.56. The van der Waals surface area contributed by atoms with Gasteiger partial charge in [-0.25, -0.2) is 4.79 Å². The lowest BCUT2D eigenvalue weighted by atomic mass is 9.80. The Morgan fingerprint density at radius 2 is 1.29 bits per heavy atom. The Balaban J connectivity index is 1.70. The minimum atomic E-state index is -1.68. The first kappa shape index (κ1) is 39.1. The molecule has 0 saturated carbocycles. The van der Waals surface area contributed by atoms with Crippen LogP contribution in [0.4, 0.5) is 0 Å². The van der Waals surface area contributed by atoms with Crippen molar-refractivity contribution in [2.45, 2.75) is 90.4 Å². The van der Waals surface area contributed by atoms with E-state index in [0.29, 0.717) is 5.75 Å². The van der Waals surface area contributed by atoms with E-state index in [1.807, 2.05) is 0 Å². The SMILES string of the molecule is COc1ccc(C(=O)O[C@@H]2C(OC(C)=O)OCC(=O)C3C(O[C@@H]4O[C@H](COC(C)=O)[C@@H](OC(C)=O)[C@H](OC(C)=O)[C@H]4OC(C)=O)OCCC32)cc1. The van der Waals surface area contributed by atoms with Crippen molar-refractivity contribution in [3.05, 3.63) is 29.8 Å². The number of Topliss-reactive ketones (excluding diaryl/α,β-unsaturated/α-hetero) is 1. The summed E-state index contributed by atoms with van der Waals surface area (Å²) in [7, 11) is 1.46. The van der Waals surface area contributed by atoms with E-state index in [2.05, 4.69) is 0 Å². The summed E-state index contributed by atoms with van der Waals surface area (Å²) in [5, 5.41) is 0. The second-order valence-electron chi connectivity index (χ2n) is 11.8. The second kappa shape index (κ2) is 17.5. The van der Waals surface area contributed by atoms with Gasteiger partial charge in [-0.05, 0) is 30.7 Å². The van der Waals surface area contributed by atoms with Gasteiger partial charge in [-0.15, -0.1) is 0 Å². The normalized spacial score (nSPS) is 30.4. The smallest absolute Gasteiger partial charge is 0.338 e. The van der Waals surface area contributed by atoms with E-state index >= 15 is 0 Å². The molecule has 4 unspecified atom stereocenters. The standard InChI is InChI=1S/C33H40O18/c1-15(34)43-14-24-27(45-16(2)35)28(46-17(3)36)29(47-18(4)37)33(49-24)51-31-25-22(11-12-42-31)26(32(48-19(5)38)44-13-23(25)39)50-30(40)20-7-9-21(41-6)10-8-20/h7-10,22,24-29,31-33H,11-14H2,1-6H3/t22?,24-,25?,26+,27-,28+,29-,31?,32?,33+/m1/s1. The van der Waals surface area contributed by atoms with Crippen molar-refractivity contribution in [3.63, 3.8) is 0 Å². The van der Waals surface area contributed by atoms with Crippen LogP contribution in [0, 0.1) is 11.8 Å². The molecule has 0 aromatic heterocycles. The number of ketones is 1. The molecule has 18 nitrogen and oxygen atoms in total. The van der Waals surface area contributed by atoms with Crippen LogP contribution in [0.5, 0.6) is 5.75 Å². The molecule has 1 aromatic rings. The van der Waals surface area contributed by atoms with Gasteiger partial charge in [0.15, 0.2) is 36.5 Å². The Kier molecular flexibility index (Phi) is 13.4. The number of carbonyl (C=O) groups is 7. The number of rotatable bonds is 11. The largest absolute Gasteiger partial charge is 0.497 e. The molecule has 1 aromatic carbocycles. The maximum Gasteiger partial charge on any atom is 0.338 e. The highest BCUT2D eigenvalue weighted by molar-refractivity contribution is 5.90. The fourth-order valence-electron chi connectivity index (χ4n) is 6.00. The summed E-state index contributed by atoms with van der Waals surface area (Å²) in [4.78, 5) is 87.5. The number of hydrogen-bond acceptors (Lipinski definition) is 18. The molecule has 51 heavy (non-hydrogen) atoms. The van der Waals surface area contributed by atoms with Crippen LogP contribution < -0.4 is 4.74 Å². The third-order valence-corrected chi connectivity index (χ3v) is 8.01. The summed E-state index contributed by atoms with van der Waals surface area (Å²) in [6.45, 7) is 4.24. The van der Waals surface area contributed by atoms with Gasteiger partial charge in [-0.1, -0.05) is 0 Å². The number of benzene rings is 1. The summed E-state index contributed by atoms with van der Waals surface area (Å²) in [5.74, 6) is -7.13. The van der Waals surface area contributed by atoms with Gasteiger partial charge in [0, 0.05) is 40.5 Å². The van der Waals surface area contributed by atoms with Gasteiger partial charge < -0.3 is 52.1 Å². The minimum absolute atomic E-state index is 0.0756. The summed E-state index contributed by atoms with van der Waals surface area (Å²) in [6, 6.07) is 6.01. The number of ether oxygens (including phenoxy) is 11. The van der Waals surface area contributed by atoms with Crippen LogP contribution in [0.25, 0.3) is 0 Å². The van der Waals surface area contributed by atoms with E-state index in [1.54, 1.807) is 12.1 Å². The molecule has 0 bridgehead atoms. The van der Waals surface area contributed by atoms with Crippen molar-refractivity contribution < 1.29 is 85.7 Å².